The van der Waals surface area contributed by atoms with Crippen LogP contribution in [-0.2, 0) is 6.42 Å². The van der Waals surface area contributed by atoms with Crippen molar-refractivity contribution in [2.24, 2.45) is 0 Å². The summed E-state index contributed by atoms with van der Waals surface area (Å²) < 4.78 is 24.0. The van der Waals surface area contributed by atoms with Crippen molar-refractivity contribution in [3.63, 3.8) is 0 Å². The predicted molar refractivity (Wildman–Crippen MR) is 47.7 cm³/mol. The molecule has 4 nitrogen and oxygen atoms in total. The highest BCUT2D eigenvalue weighted by atomic mass is 32.1. The van der Waals surface area contributed by atoms with Gasteiger partial charge in [0.15, 0.2) is 10.3 Å². The second-order valence-corrected chi connectivity index (χ2v) is 3.65. The molecule has 0 atom stereocenters. The summed E-state index contributed by atoms with van der Waals surface area (Å²) >= 11 is 1.02. The Balaban J connectivity index is 2.52. The van der Waals surface area contributed by atoms with Gasteiger partial charge in [0.25, 0.3) is 5.56 Å². The molecule has 0 saturated heterocycles. The summed E-state index contributed by atoms with van der Waals surface area (Å²) in [5.41, 5.74) is -0.264. The Morgan fingerprint density at radius 3 is 3.00 bits per heavy atom. The van der Waals surface area contributed by atoms with Crippen molar-refractivity contribution in [3.8, 4) is 0 Å². The zero-order valence-corrected chi connectivity index (χ0v) is 7.65. The van der Waals surface area contributed by atoms with Crippen LogP contribution in [0.3, 0.4) is 0 Å². The van der Waals surface area contributed by atoms with Gasteiger partial charge in [-0.05, 0) is 0 Å². The topological polar surface area (TPSA) is 58.6 Å². The zero-order chi connectivity index (χ0) is 10.1. The number of alkyl halides is 2. The van der Waals surface area contributed by atoms with Crippen LogP contribution in [0.5, 0.6) is 0 Å². The molecule has 0 aliphatic rings. The smallest absolute Gasteiger partial charge is 0.278 e. The number of hydrogen-bond donors (Lipinski definition) is 1. The van der Waals surface area contributed by atoms with Crippen molar-refractivity contribution >= 4 is 21.7 Å². The number of fused-ring (bicyclic) bond motifs is 1. The van der Waals surface area contributed by atoms with E-state index >= 15 is 0 Å². The summed E-state index contributed by atoms with van der Waals surface area (Å²) in [5, 5.41) is 0.235. The molecule has 2 aromatic heterocycles. The van der Waals surface area contributed by atoms with E-state index in [2.05, 4.69) is 15.0 Å². The van der Waals surface area contributed by atoms with Crippen LogP contribution in [0.4, 0.5) is 8.78 Å². The van der Waals surface area contributed by atoms with Gasteiger partial charge in [-0.25, -0.2) is 18.7 Å². The summed E-state index contributed by atoms with van der Waals surface area (Å²) in [6, 6.07) is 0. The molecule has 2 rings (SSSR count). The van der Waals surface area contributed by atoms with Crippen molar-refractivity contribution in [2.45, 2.75) is 12.8 Å². The monoisotopic (exact) mass is 217 g/mol. The second-order valence-electron chi connectivity index (χ2n) is 2.59. The maximum atomic E-state index is 12.0. The third-order valence-corrected chi connectivity index (χ3v) is 2.56. The fourth-order valence-corrected chi connectivity index (χ4v) is 1.94. The average molecular weight is 217 g/mol. The predicted octanol–water partition coefficient (Wildman–Crippen LogP) is 1.19. The fourth-order valence-electron chi connectivity index (χ4n) is 1.03. The molecule has 0 unspecified atom stereocenters. The highest BCUT2D eigenvalue weighted by Crippen LogP contribution is 2.18. The van der Waals surface area contributed by atoms with Gasteiger partial charge < -0.3 is 4.98 Å². The lowest BCUT2D eigenvalue weighted by Crippen LogP contribution is -2.05. The molecule has 1 N–H and O–H groups in total. The van der Waals surface area contributed by atoms with Crippen LogP contribution < -0.4 is 5.56 Å². The van der Waals surface area contributed by atoms with Crippen molar-refractivity contribution in [1.29, 1.82) is 0 Å². The number of nitrogens with zero attached hydrogens (tertiary/aromatic N) is 2. The van der Waals surface area contributed by atoms with E-state index in [1.165, 1.54) is 6.33 Å². The molecule has 0 aliphatic heterocycles. The highest BCUT2D eigenvalue weighted by molar-refractivity contribution is 7.18. The number of hydrogen-bond acceptors (Lipinski definition) is 4. The standard InChI is InChI=1S/C7H5F2N3OS/c8-3(9)1-4-12-5-6(13)10-2-11-7(5)14-4/h2-3H,1H2,(H,10,11,13). The minimum atomic E-state index is -2.45. The molecular weight excluding hydrogens is 212 g/mol. The number of rotatable bonds is 2. The molecule has 14 heavy (non-hydrogen) atoms. The quantitative estimate of drug-likeness (QED) is 0.821. The summed E-state index contributed by atoms with van der Waals surface area (Å²) in [4.78, 5) is 21.5. The Labute approximate surface area is 80.6 Å². The molecule has 0 fully saturated rings. The number of aromatic nitrogens is 3. The molecule has 2 heterocycles. The molecule has 74 valence electrons. The third kappa shape index (κ3) is 1.63. The molecule has 2 aromatic rings. The van der Waals surface area contributed by atoms with Crippen molar-refractivity contribution in [2.75, 3.05) is 0 Å². The van der Waals surface area contributed by atoms with E-state index in [9.17, 15) is 13.6 Å². The van der Waals surface area contributed by atoms with Crippen molar-refractivity contribution in [3.05, 3.63) is 21.7 Å². The van der Waals surface area contributed by atoms with E-state index in [0.717, 1.165) is 11.3 Å². The van der Waals surface area contributed by atoms with Gasteiger partial charge in [-0.2, -0.15) is 0 Å². The zero-order valence-electron chi connectivity index (χ0n) is 6.83. The Bertz CT molecular complexity index is 507. The van der Waals surface area contributed by atoms with Crippen LogP contribution in [0.25, 0.3) is 10.3 Å². The SMILES string of the molecule is O=c1[nH]cnc2sc(CC(F)F)nc12. The van der Waals surface area contributed by atoms with Gasteiger partial charge in [0.1, 0.15) is 5.01 Å². The number of thiazole rings is 1. The molecular formula is C7H5F2N3OS. The molecule has 0 aliphatic carbocycles. The van der Waals surface area contributed by atoms with Crippen LogP contribution in [0.1, 0.15) is 5.01 Å². The van der Waals surface area contributed by atoms with Crippen LogP contribution in [0, 0.1) is 0 Å². The minimum absolute atomic E-state index is 0.133. The van der Waals surface area contributed by atoms with Crippen LogP contribution >= 0.6 is 11.3 Å². The van der Waals surface area contributed by atoms with E-state index in [0.29, 0.717) is 4.83 Å². The van der Waals surface area contributed by atoms with Crippen LogP contribution in [0.2, 0.25) is 0 Å². The molecule has 0 spiro atoms. The molecule has 0 saturated carbocycles. The first kappa shape index (κ1) is 9.20. The molecule has 0 radical (unpaired) electrons. The number of aromatic amines is 1. The van der Waals surface area contributed by atoms with Gasteiger partial charge >= 0.3 is 0 Å². The van der Waals surface area contributed by atoms with Crippen molar-refractivity contribution < 1.29 is 8.78 Å². The van der Waals surface area contributed by atoms with Gasteiger partial charge in [-0.1, -0.05) is 11.3 Å². The Hall–Kier alpha value is -1.37. The summed E-state index contributed by atoms with van der Waals surface area (Å²) in [6.45, 7) is 0. The van der Waals surface area contributed by atoms with E-state index in [1.807, 2.05) is 0 Å². The third-order valence-electron chi connectivity index (χ3n) is 1.58. The first-order valence-corrected chi connectivity index (χ1v) is 4.59. The second kappa shape index (κ2) is 3.41. The maximum absolute atomic E-state index is 12.0. The van der Waals surface area contributed by atoms with Gasteiger partial charge in [0, 0.05) is 0 Å². The normalized spacial score (nSPS) is 11.4. The highest BCUT2D eigenvalue weighted by Gasteiger charge is 2.12. The Morgan fingerprint density at radius 2 is 2.36 bits per heavy atom. The van der Waals surface area contributed by atoms with Crippen LogP contribution in [0.15, 0.2) is 11.1 Å². The maximum Gasteiger partial charge on any atom is 0.278 e. The molecule has 0 aromatic carbocycles. The first-order chi connectivity index (χ1) is 6.66. The van der Waals surface area contributed by atoms with E-state index < -0.39 is 18.4 Å². The van der Waals surface area contributed by atoms with Gasteiger partial charge in [-0.15, -0.1) is 0 Å². The largest absolute Gasteiger partial charge is 0.311 e. The fraction of sp³-hybridized carbons (Fsp3) is 0.286. The first-order valence-electron chi connectivity index (χ1n) is 3.78. The lowest BCUT2D eigenvalue weighted by atomic mass is 10.5. The number of nitrogens with one attached hydrogen (secondary N) is 1. The van der Waals surface area contributed by atoms with Crippen LogP contribution in [-0.4, -0.2) is 21.4 Å². The lowest BCUT2D eigenvalue weighted by molar-refractivity contribution is 0.149. The van der Waals surface area contributed by atoms with E-state index in [1.54, 1.807) is 0 Å². The van der Waals surface area contributed by atoms with Gasteiger partial charge in [0.2, 0.25) is 6.43 Å². The van der Waals surface area contributed by atoms with Gasteiger partial charge in [-0.3, -0.25) is 4.79 Å². The van der Waals surface area contributed by atoms with Gasteiger partial charge in [0.05, 0.1) is 12.7 Å². The number of halogens is 2. The summed E-state index contributed by atoms with van der Waals surface area (Å²) in [5.74, 6) is 0. The van der Waals surface area contributed by atoms with E-state index in [-0.39, 0.29) is 10.5 Å². The summed E-state index contributed by atoms with van der Waals surface area (Å²) in [6.07, 6.45) is -1.65. The molecule has 0 bridgehead atoms. The van der Waals surface area contributed by atoms with E-state index in [4.69, 9.17) is 0 Å². The lowest BCUT2D eigenvalue weighted by Gasteiger charge is -1.90. The minimum Gasteiger partial charge on any atom is -0.311 e. The Kier molecular flexibility index (Phi) is 2.24. The number of H-pyrrole nitrogens is 1. The molecule has 7 heteroatoms. The van der Waals surface area contributed by atoms with Crippen molar-refractivity contribution in [1.82, 2.24) is 15.0 Å². The summed E-state index contributed by atoms with van der Waals surface area (Å²) in [7, 11) is 0. The molecule has 0 amide bonds. The Morgan fingerprint density at radius 1 is 1.57 bits per heavy atom. The average Bonchev–Trinajstić information content (AvgIpc) is 2.47.